The lowest BCUT2D eigenvalue weighted by Crippen LogP contribution is -2.19. The average Bonchev–Trinajstić information content (AvgIpc) is 2.41. The van der Waals surface area contributed by atoms with Crippen molar-refractivity contribution in [3.63, 3.8) is 0 Å². The minimum atomic E-state index is -4.40. The molecule has 0 aliphatic rings. The number of para-hydroxylation sites is 1. The number of hydrogen-bond acceptors (Lipinski definition) is 1. The summed E-state index contributed by atoms with van der Waals surface area (Å²) in [6.45, 7) is 0. The first-order valence-corrected chi connectivity index (χ1v) is 6.24. The Balaban J connectivity index is 2.02. The van der Waals surface area contributed by atoms with Crippen molar-refractivity contribution in [2.75, 3.05) is 10.6 Å². The van der Waals surface area contributed by atoms with Gasteiger partial charge in [0.15, 0.2) is 0 Å². The van der Waals surface area contributed by atoms with E-state index in [0.717, 1.165) is 12.1 Å². The Kier molecular flexibility index (Phi) is 4.37. The number of rotatable bonds is 2. The Labute approximate surface area is 123 Å². The summed E-state index contributed by atoms with van der Waals surface area (Å²) in [6, 6.07) is 10.2. The maximum Gasteiger partial charge on any atom is 0.416 e. The highest BCUT2D eigenvalue weighted by Crippen LogP contribution is 2.29. The van der Waals surface area contributed by atoms with E-state index < -0.39 is 17.8 Å². The van der Waals surface area contributed by atoms with Crippen molar-refractivity contribution >= 4 is 29.0 Å². The van der Waals surface area contributed by atoms with Gasteiger partial charge in [0.1, 0.15) is 0 Å². The molecule has 2 aromatic rings. The molecule has 0 radical (unpaired) electrons. The van der Waals surface area contributed by atoms with Crippen LogP contribution in [0.2, 0.25) is 5.02 Å². The number of carbonyl (C=O) groups is 1. The van der Waals surface area contributed by atoms with E-state index in [1.54, 1.807) is 24.3 Å². The van der Waals surface area contributed by atoms with Crippen molar-refractivity contribution in [3.8, 4) is 0 Å². The van der Waals surface area contributed by atoms with E-state index in [1.165, 1.54) is 12.1 Å². The second-order valence-corrected chi connectivity index (χ2v) is 4.54. The summed E-state index contributed by atoms with van der Waals surface area (Å²) in [7, 11) is 0. The third kappa shape index (κ3) is 4.13. The summed E-state index contributed by atoms with van der Waals surface area (Å²) in [5, 5.41) is 5.28. The molecule has 0 bridgehead atoms. The van der Waals surface area contributed by atoms with Gasteiger partial charge in [-0.25, -0.2) is 4.79 Å². The van der Waals surface area contributed by atoms with Gasteiger partial charge in [0.05, 0.1) is 16.3 Å². The van der Waals surface area contributed by atoms with Crippen molar-refractivity contribution in [3.05, 3.63) is 59.1 Å². The lowest BCUT2D eigenvalue weighted by atomic mass is 10.2. The molecule has 7 heteroatoms. The predicted molar refractivity (Wildman–Crippen MR) is 75.5 cm³/mol. The van der Waals surface area contributed by atoms with E-state index in [4.69, 9.17) is 11.6 Å². The highest BCUT2D eigenvalue weighted by molar-refractivity contribution is 6.33. The smallest absolute Gasteiger partial charge is 0.308 e. The third-order valence-corrected chi connectivity index (χ3v) is 2.92. The van der Waals surface area contributed by atoms with Gasteiger partial charge < -0.3 is 10.6 Å². The number of amides is 2. The van der Waals surface area contributed by atoms with Crippen LogP contribution in [0.25, 0.3) is 0 Å². The van der Waals surface area contributed by atoms with Crippen molar-refractivity contribution in [2.45, 2.75) is 6.18 Å². The molecule has 110 valence electrons. The number of benzene rings is 2. The fourth-order valence-corrected chi connectivity index (χ4v) is 1.77. The highest BCUT2D eigenvalue weighted by atomic mass is 35.5. The van der Waals surface area contributed by atoms with Crippen molar-refractivity contribution < 1.29 is 18.0 Å². The van der Waals surface area contributed by atoms with E-state index in [2.05, 4.69) is 10.6 Å². The van der Waals surface area contributed by atoms with Gasteiger partial charge in [-0.3, -0.25) is 0 Å². The van der Waals surface area contributed by atoms with Gasteiger partial charge in [-0.1, -0.05) is 23.7 Å². The lowest BCUT2D eigenvalue weighted by Gasteiger charge is -2.10. The Morgan fingerprint density at radius 3 is 2.14 bits per heavy atom. The molecule has 0 spiro atoms. The summed E-state index contributed by atoms with van der Waals surface area (Å²) in [5.74, 6) is 0. The molecule has 0 aromatic heterocycles. The zero-order valence-corrected chi connectivity index (χ0v) is 11.3. The number of hydrogen-bond donors (Lipinski definition) is 2. The fraction of sp³-hybridized carbons (Fsp3) is 0.0714. The van der Waals surface area contributed by atoms with Crippen LogP contribution in [0.3, 0.4) is 0 Å². The minimum Gasteiger partial charge on any atom is -0.308 e. The molecule has 2 rings (SSSR count). The van der Waals surface area contributed by atoms with E-state index in [9.17, 15) is 18.0 Å². The van der Waals surface area contributed by atoms with Crippen LogP contribution in [0.1, 0.15) is 5.56 Å². The molecular weight excluding hydrogens is 305 g/mol. The van der Waals surface area contributed by atoms with Crippen LogP contribution >= 0.6 is 11.6 Å². The molecule has 2 amide bonds. The fourth-order valence-electron chi connectivity index (χ4n) is 1.59. The SMILES string of the molecule is O=C(Nc1ccc(C(F)(F)F)cc1)Nc1ccccc1Cl. The number of nitrogens with one attached hydrogen (secondary N) is 2. The highest BCUT2D eigenvalue weighted by Gasteiger charge is 2.29. The average molecular weight is 315 g/mol. The summed E-state index contributed by atoms with van der Waals surface area (Å²) in [6.07, 6.45) is -4.40. The number of anilines is 2. The quantitative estimate of drug-likeness (QED) is 0.804. The Morgan fingerprint density at radius 1 is 0.952 bits per heavy atom. The van der Waals surface area contributed by atoms with Crippen LogP contribution in [0, 0.1) is 0 Å². The Bertz CT molecular complexity index is 641. The number of halogens is 4. The molecule has 3 nitrogen and oxygen atoms in total. The van der Waals surface area contributed by atoms with Crippen LogP contribution in [0.5, 0.6) is 0 Å². The maximum atomic E-state index is 12.4. The largest absolute Gasteiger partial charge is 0.416 e. The van der Waals surface area contributed by atoms with Gasteiger partial charge in [0.2, 0.25) is 0 Å². The van der Waals surface area contributed by atoms with Gasteiger partial charge in [-0.15, -0.1) is 0 Å². The summed E-state index contributed by atoms with van der Waals surface area (Å²) >= 11 is 5.87. The molecule has 0 unspecified atom stereocenters. The first-order valence-electron chi connectivity index (χ1n) is 5.86. The molecule has 0 heterocycles. The first kappa shape index (κ1) is 15.2. The topological polar surface area (TPSA) is 41.1 Å². The second-order valence-electron chi connectivity index (χ2n) is 4.13. The molecule has 2 aromatic carbocycles. The molecule has 0 saturated heterocycles. The van der Waals surface area contributed by atoms with Crippen molar-refractivity contribution in [1.29, 1.82) is 0 Å². The monoisotopic (exact) mass is 314 g/mol. The van der Waals surface area contributed by atoms with Gasteiger partial charge in [-0.2, -0.15) is 13.2 Å². The zero-order valence-electron chi connectivity index (χ0n) is 10.5. The molecular formula is C14H10ClF3N2O. The van der Waals surface area contributed by atoms with Crippen LogP contribution in [-0.4, -0.2) is 6.03 Å². The van der Waals surface area contributed by atoms with E-state index in [-0.39, 0.29) is 5.69 Å². The maximum absolute atomic E-state index is 12.4. The van der Waals surface area contributed by atoms with E-state index in [0.29, 0.717) is 10.7 Å². The third-order valence-electron chi connectivity index (χ3n) is 2.59. The van der Waals surface area contributed by atoms with Crippen LogP contribution in [0.4, 0.5) is 29.3 Å². The zero-order chi connectivity index (χ0) is 15.5. The minimum absolute atomic E-state index is 0.243. The van der Waals surface area contributed by atoms with Gasteiger partial charge >= 0.3 is 12.2 Å². The Morgan fingerprint density at radius 2 is 1.57 bits per heavy atom. The molecule has 0 fully saturated rings. The Hall–Kier alpha value is -2.21. The van der Waals surface area contributed by atoms with Gasteiger partial charge in [0.25, 0.3) is 0 Å². The molecule has 0 aliphatic heterocycles. The summed E-state index contributed by atoms with van der Waals surface area (Å²) in [5.41, 5.74) is -0.129. The lowest BCUT2D eigenvalue weighted by molar-refractivity contribution is -0.137. The standard InChI is InChI=1S/C14H10ClF3N2O/c15-11-3-1-2-4-12(11)20-13(21)19-10-7-5-9(6-8-10)14(16,17)18/h1-8H,(H2,19,20,21). The van der Waals surface area contributed by atoms with Crippen LogP contribution in [0.15, 0.2) is 48.5 Å². The van der Waals surface area contributed by atoms with Crippen LogP contribution in [-0.2, 0) is 6.18 Å². The van der Waals surface area contributed by atoms with E-state index in [1.807, 2.05) is 0 Å². The second kappa shape index (κ2) is 6.05. The summed E-state index contributed by atoms with van der Waals surface area (Å²) in [4.78, 5) is 11.7. The molecule has 0 saturated carbocycles. The predicted octanol–water partition coefficient (Wildman–Crippen LogP) is 5.00. The van der Waals surface area contributed by atoms with Crippen molar-refractivity contribution in [1.82, 2.24) is 0 Å². The van der Waals surface area contributed by atoms with E-state index >= 15 is 0 Å². The normalized spacial score (nSPS) is 11.0. The molecule has 0 atom stereocenters. The number of urea groups is 1. The van der Waals surface area contributed by atoms with Gasteiger partial charge in [-0.05, 0) is 36.4 Å². The number of alkyl halides is 3. The molecule has 0 aliphatic carbocycles. The first-order chi connectivity index (χ1) is 9.86. The summed E-state index contributed by atoms with van der Waals surface area (Å²) < 4.78 is 37.2. The van der Waals surface area contributed by atoms with Crippen LogP contribution < -0.4 is 10.6 Å². The molecule has 2 N–H and O–H groups in total. The van der Waals surface area contributed by atoms with Crippen molar-refractivity contribution in [2.24, 2.45) is 0 Å². The molecule has 21 heavy (non-hydrogen) atoms. The van der Waals surface area contributed by atoms with Gasteiger partial charge in [0, 0.05) is 5.69 Å². The number of carbonyl (C=O) groups excluding carboxylic acids is 1.